The van der Waals surface area contributed by atoms with Gasteiger partial charge in [0.15, 0.2) is 6.29 Å². The lowest BCUT2D eigenvalue weighted by Gasteiger charge is -2.11. The Kier molecular flexibility index (Phi) is 4.61. The average Bonchev–Trinajstić information content (AvgIpc) is 2.62. The lowest BCUT2D eigenvalue weighted by atomic mass is 10.1. The molecule has 0 aliphatic heterocycles. The molecule has 6 heteroatoms. The Morgan fingerprint density at radius 1 is 1.16 bits per heavy atom. The van der Waals surface area contributed by atoms with Crippen molar-refractivity contribution in [3.8, 4) is 17.2 Å². The summed E-state index contributed by atoms with van der Waals surface area (Å²) in [5, 5.41) is 9.49. The average molecular weight is 337 g/mol. The van der Waals surface area contributed by atoms with E-state index in [2.05, 4.69) is 4.98 Å². The largest absolute Gasteiger partial charge is 0.496 e. The van der Waals surface area contributed by atoms with Gasteiger partial charge in [-0.1, -0.05) is 12.1 Å². The van der Waals surface area contributed by atoms with Crippen molar-refractivity contribution < 1.29 is 24.2 Å². The van der Waals surface area contributed by atoms with Gasteiger partial charge in [-0.15, -0.1) is 0 Å². The quantitative estimate of drug-likeness (QED) is 0.693. The Labute approximate surface area is 143 Å². The number of nitrogens with zero attached hydrogens (tertiary/aromatic N) is 1. The first-order valence-electron chi connectivity index (χ1n) is 7.51. The number of carbonyl (C=O) groups excluding carboxylic acids is 1. The van der Waals surface area contributed by atoms with Crippen LogP contribution in [-0.2, 0) is 11.2 Å². The van der Waals surface area contributed by atoms with Crippen LogP contribution in [0.25, 0.3) is 10.9 Å². The van der Waals surface area contributed by atoms with Crippen molar-refractivity contribution in [3.63, 3.8) is 0 Å². The highest BCUT2D eigenvalue weighted by Gasteiger charge is 2.10. The molecule has 0 spiro atoms. The molecule has 3 aromatic rings. The van der Waals surface area contributed by atoms with Gasteiger partial charge in [0.05, 0.1) is 24.6 Å². The van der Waals surface area contributed by atoms with Crippen LogP contribution in [0.3, 0.4) is 0 Å². The van der Waals surface area contributed by atoms with Crippen molar-refractivity contribution in [3.05, 3.63) is 59.8 Å². The van der Waals surface area contributed by atoms with E-state index in [0.29, 0.717) is 39.3 Å². The third-order valence-electron chi connectivity index (χ3n) is 3.69. The van der Waals surface area contributed by atoms with Crippen LogP contribution in [-0.4, -0.2) is 29.5 Å². The lowest BCUT2D eigenvalue weighted by molar-refractivity contribution is -0.136. The van der Waals surface area contributed by atoms with Gasteiger partial charge < -0.3 is 14.6 Å². The van der Waals surface area contributed by atoms with Gasteiger partial charge in [-0.25, -0.2) is 0 Å². The number of methoxy groups -OCH3 is 1. The summed E-state index contributed by atoms with van der Waals surface area (Å²) in [5.41, 5.74) is 1.74. The van der Waals surface area contributed by atoms with Crippen LogP contribution in [0.4, 0.5) is 0 Å². The van der Waals surface area contributed by atoms with Crippen LogP contribution in [0, 0.1) is 0 Å². The molecule has 0 fully saturated rings. The summed E-state index contributed by atoms with van der Waals surface area (Å²) in [5.74, 6) is 0.668. The molecule has 1 aromatic heterocycles. The molecule has 0 aliphatic rings. The molecule has 2 aromatic carbocycles. The van der Waals surface area contributed by atoms with E-state index >= 15 is 0 Å². The number of rotatable bonds is 6. The number of aromatic nitrogens is 1. The summed E-state index contributed by atoms with van der Waals surface area (Å²) >= 11 is 0. The minimum atomic E-state index is -0.885. The lowest BCUT2D eigenvalue weighted by Crippen LogP contribution is -1.99. The SMILES string of the molecule is COc1cc2nccc(Oc3ccc(CC(=O)O)cc3)c2cc1C=O. The third-order valence-corrected chi connectivity index (χ3v) is 3.69. The monoisotopic (exact) mass is 337 g/mol. The molecule has 0 bridgehead atoms. The number of aliphatic carboxylic acids is 1. The maximum absolute atomic E-state index is 11.2. The third kappa shape index (κ3) is 3.58. The van der Waals surface area contributed by atoms with Gasteiger partial charge in [-0.3, -0.25) is 14.6 Å². The van der Waals surface area contributed by atoms with Gasteiger partial charge >= 0.3 is 5.97 Å². The van der Waals surface area contributed by atoms with Crippen molar-refractivity contribution >= 4 is 23.2 Å². The molecule has 0 radical (unpaired) electrons. The number of pyridine rings is 1. The molecule has 0 amide bonds. The summed E-state index contributed by atoms with van der Waals surface area (Å²) in [6.07, 6.45) is 2.28. The van der Waals surface area contributed by atoms with E-state index in [9.17, 15) is 9.59 Å². The summed E-state index contributed by atoms with van der Waals surface area (Å²) < 4.78 is 11.1. The molecule has 6 nitrogen and oxygen atoms in total. The minimum absolute atomic E-state index is 0.0407. The molecule has 0 saturated carbocycles. The van der Waals surface area contributed by atoms with Gasteiger partial charge in [0.25, 0.3) is 0 Å². The number of carboxylic acids is 1. The Bertz CT molecular complexity index is 934. The summed E-state index contributed by atoms with van der Waals surface area (Å²) in [7, 11) is 1.49. The fourth-order valence-corrected chi connectivity index (χ4v) is 2.50. The predicted molar refractivity (Wildman–Crippen MR) is 91.5 cm³/mol. The van der Waals surface area contributed by atoms with E-state index in [1.54, 1.807) is 48.7 Å². The van der Waals surface area contributed by atoms with Gasteiger partial charge in [0.1, 0.15) is 17.2 Å². The second-order valence-electron chi connectivity index (χ2n) is 5.35. The normalized spacial score (nSPS) is 10.4. The second-order valence-corrected chi connectivity index (χ2v) is 5.35. The Morgan fingerprint density at radius 3 is 2.56 bits per heavy atom. The zero-order valence-corrected chi connectivity index (χ0v) is 13.4. The minimum Gasteiger partial charge on any atom is -0.496 e. The zero-order valence-electron chi connectivity index (χ0n) is 13.4. The van der Waals surface area contributed by atoms with Gasteiger partial charge in [0.2, 0.25) is 0 Å². The molecule has 126 valence electrons. The summed E-state index contributed by atoms with van der Waals surface area (Å²) in [6.45, 7) is 0. The van der Waals surface area contributed by atoms with Crippen molar-refractivity contribution in [2.24, 2.45) is 0 Å². The smallest absolute Gasteiger partial charge is 0.307 e. The van der Waals surface area contributed by atoms with Gasteiger partial charge in [0, 0.05) is 17.6 Å². The zero-order chi connectivity index (χ0) is 17.8. The molecule has 0 unspecified atom stereocenters. The van der Waals surface area contributed by atoms with E-state index in [-0.39, 0.29) is 6.42 Å². The van der Waals surface area contributed by atoms with Crippen LogP contribution in [0.2, 0.25) is 0 Å². The van der Waals surface area contributed by atoms with Crippen molar-refractivity contribution in [1.82, 2.24) is 4.98 Å². The van der Waals surface area contributed by atoms with Crippen LogP contribution < -0.4 is 9.47 Å². The van der Waals surface area contributed by atoms with Crippen LogP contribution >= 0.6 is 0 Å². The van der Waals surface area contributed by atoms with E-state index in [1.165, 1.54) is 7.11 Å². The molecule has 3 rings (SSSR count). The number of carboxylic acid groups (broad SMARTS) is 1. The first-order valence-corrected chi connectivity index (χ1v) is 7.51. The molecular formula is C19H15NO5. The molecular weight excluding hydrogens is 322 g/mol. The molecule has 25 heavy (non-hydrogen) atoms. The van der Waals surface area contributed by atoms with Crippen LogP contribution in [0.1, 0.15) is 15.9 Å². The molecule has 1 heterocycles. The molecule has 0 aliphatic carbocycles. The van der Waals surface area contributed by atoms with Crippen LogP contribution in [0.5, 0.6) is 17.2 Å². The maximum Gasteiger partial charge on any atom is 0.307 e. The van der Waals surface area contributed by atoms with E-state index in [4.69, 9.17) is 14.6 Å². The van der Waals surface area contributed by atoms with Crippen molar-refractivity contribution in [1.29, 1.82) is 0 Å². The van der Waals surface area contributed by atoms with Crippen molar-refractivity contribution in [2.45, 2.75) is 6.42 Å². The van der Waals surface area contributed by atoms with E-state index in [1.807, 2.05) is 0 Å². The number of hydrogen-bond donors (Lipinski definition) is 1. The van der Waals surface area contributed by atoms with Crippen molar-refractivity contribution in [2.75, 3.05) is 7.11 Å². The fourth-order valence-electron chi connectivity index (χ4n) is 2.50. The highest BCUT2D eigenvalue weighted by molar-refractivity contribution is 5.93. The van der Waals surface area contributed by atoms with E-state index < -0.39 is 5.97 Å². The first kappa shape index (κ1) is 16.4. The number of benzene rings is 2. The second kappa shape index (κ2) is 7.00. The molecule has 1 N–H and O–H groups in total. The Hall–Kier alpha value is -3.41. The Balaban J connectivity index is 1.95. The van der Waals surface area contributed by atoms with E-state index in [0.717, 1.165) is 6.29 Å². The molecule has 0 saturated heterocycles. The predicted octanol–water partition coefficient (Wildman–Crippen LogP) is 3.48. The fraction of sp³-hybridized carbons (Fsp3) is 0.105. The van der Waals surface area contributed by atoms with Crippen LogP contribution in [0.15, 0.2) is 48.7 Å². The number of ether oxygens (including phenoxy) is 2. The number of carbonyl (C=O) groups is 2. The number of hydrogen-bond acceptors (Lipinski definition) is 5. The summed E-state index contributed by atoms with van der Waals surface area (Å²) in [4.78, 5) is 26.2. The standard InChI is InChI=1S/C19H15NO5/c1-24-18-10-16-15(9-13(18)11-21)17(6-7-20-16)25-14-4-2-12(3-5-14)8-19(22)23/h2-7,9-11H,8H2,1H3,(H,22,23). The topological polar surface area (TPSA) is 85.7 Å². The number of aldehydes is 1. The Morgan fingerprint density at radius 2 is 1.92 bits per heavy atom. The van der Waals surface area contributed by atoms with Gasteiger partial charge in [-0.2, -0.15) is 0 Å². The maximum atomic E-state index is 11.2. The highest BCUT2D eigenvalue weighted by Crippen LogP contribution is 2.32. The molecule has 0 atom stereocenters. The highest BCUT2D eigenvalue weighted by atomic mass is 16.5. The first-order chi connectivity index (χ1) is 12.1. The summed E-state index contributed by atoms with van der Waals surface area (Å²) in [6, 6.07) is 11.9. The van der Waals surface area contributed by atoms with Gasteiger partial charge in [-0.05, 0) is 29.8 Å². The number of fused-ring (bicyclic) bond motifs is 1.